The molecular formula is C13H22N2O3S. The van der Waals surface area contributed by atoms with Crippen molar-refractivity contribution in [2.45, 2.75) is 32.7 Å². The molecule has 0 radical (unpaired) electrons. The summed E-state index contributed by atoms with van der Waals surface area (Å²) in [5, 5.41) is 0. The summed E-state index contributed by atoms with van der Waals surface area (Å²) in [6.45, 7) is 4.00. The average molecular weight is 286 g/mol. The first-order chi connectivity index (χ1) is 8.93. The number of ether oxygens (including phenoxy) is 1. The molecular weight excluding hydrogens is 264 g/mol. The van der Waals surface area contributed by atoms with E-state index in [2.05, 4.69) is 9.44 Å². The van der Waals surface area contributed by atoms with Gasteiger partial charge in [-0.05, 0) is 44.4 Å². The molecule has 0 aliphatic carbocycles. The predicted molar refractivity (Wildman–Crippen MR) is 76.5 cm³/mol. The molecule has 1 rings (SSSR count). The Morgan fingerprint density at radius 3 is 2.37 bits per heavy atom. The molecule has 0 heterocycles. The van der Waals surface area contributed by atoms with Crippen LogP contribution in [0.3, 0.4) is 0 Å². The van der Waals surface area contributed by atoms with E-state index in [9.17, 15) is 8.42 Å². The maximum absolute atomic E-state index is 11.5. The first-order valence-electron chi connectivity index (χ1n) is 6.33. The van der Waals surface area contributed by atoms with Gasteiger partial charge in [0.05, 0.1) is 7.11 Å². The maximum Gasteiger partial charge on any atom is 0.277 e. The number of hydrogen-bond acceptors (Lipinski definition) is 3. The summed E-state index contributed by atoms with van der Waals surface area (Å²) in [5.41, 5.74) is 1.16. The zero-order valence-corrected chi connectivity index (χ0v) is 12.5. The van der Waals surface area contributed by atoms with Crippen molar-refractivity contribution in [3.63, 3.8) is 0 Å². The molecule has 1 aromatic carbocycles. The highest BCUT2D eigenvalue weighted by Crippen LogP contribution is 2.12. The van der Waals surface area contributed by atoms with Gasteiger partial charge in [0.25, 0.3) is 10.2 Å². The molecule has 0 aliphatic rings. The van der Waals surface area contributed by atoms with Gasteiger partial charge in [-0.1, -0.05) is 12.1 Å². The second-order valence-electron chi connectivity index (χ2n) is 4.62. The fourth-order valence-electron chi connectivity index (χ4n) is 1.64. The van der Waals surface area contributed by atoms with Crippen LogP contribution in [-0.2, 0) is 16.6 Å². The quantitative estimate of drug-likeness (QED) is 0.711. The van der Waals surface area contributed by atoms with Gasteiger partial charge < -0.3 is 4.74 Å². The van der Waals surface area contributed by atoms with Gasteiger partial charge in [-0.3, -0.25) is 0 Å². The molecule has 0 unspecified atom stereocenters. The molecule has 0 atom stereocenters. The van der Waals surface area contributed by atoms with E-state index in [1.54, 1.807) is 21.0 Å². The van der Waals surface area contributed by atoms with Crippen LogP contribution in [0.5, 0.6) is 5.75 Å². The highest BCUT2D eigenvalue weighted by Gasteiger charge is 2.09. The van der Waals surface area contributed by atoms with Gasteiger partial charge >= 0.3 is 0 Å². The van der Waals surface area contributed by atoms with Gasteiger partial charge in [-0.2, -0.15) is 13.1 Å². The van der Waals surface area contributed by atoms with Gasteiger partial charge in [-0.15, -0.1) is 0 Å². The Balaban J connectivity index is 2.30. The molecule has 0 fully saturated rings. The molecule has 0 aliphatic heterocycles. The number of hydrogen-bond donors (Lipinski definition) is 2. The summed E-state index contributed by atoms with van der Waals surface area (Å²) in [6, 6.07) is 7.68. The van der Waals surface area contributed by atoms with Crippen LogP contribution in [0.15, 0.2) is 24.3 Å². The zero-order valence-electron chi connectivity index (χ0n) is 11.6. The van der Waals surface area contributed by atoms with Crippen molar-refractivity contribution in [2.24, 2.45) is 0 Å². The second-order valence-corrected chi connectivity index (χ2v) is 6.15. The Hall–Kier alpha value is -1.11. The lowest BCUT2D eigenvalue weighted by molar-refractivity contribution is 0.414. The van der Waals surface area contributed by atoms with E-state index < -0.39 is 10.2 Å². The molecule has 0 saturated heterocycles. The third-order valence-corrected chi connectivity index (χ3v) is 3.85. The van der Waals surface area contributed by atoms with Crippen molar-refractivity contribution >= 4 is 10.2 Å². The standard InChI is InChI=1S/C13H22N2O3S/c1-11(2)15-19(16,17)14-10-4-5-12-6-8-13(18-3)9-7-12/h6-9,11,14-15H,4-5,10H2,1-3H3. The highest BCUT2D eigenvalue weighted by molar-refractivity contribution is 7.87. The molecule has 0 bridgehead atoms. The molecule has 0 aromatic heterocycles. The molecule has 2 N–H and O–H groups in total. The van der Waals surface area contributed by atoms with Gasteiger partial charge in [0.2, 0.25) is 0 Å². The fraction of sp³-hybridized carbons (Fsp3) is 0.538. The summed E-state index contributed by atoms with van der Waals surface area (Å²) < 4.78 is 33.1. The molecule has 1 aromatic rings. The van der Waals surface area contributed by atoms with Crippen LogP contribution in [-0.4, -0.2) is 28.1 Å². The van der Waals surface area contributed by atoms with Gasteiger partial charge in [0.1, 0.15) is 5.75 Å². The van der Waals surface area contributed by atoms with E-state index in [1.807, 2.05) is 24.3 Å². The third-order valence-electron chi connectivity index (χ3n) is 2.48. The van der Waals surface area contributed by atoms with Crippen molar-refractivity contribution in [3.05, 3.63) is 29.8 Å². The first kappa shape index (κ1) is 15.9. The summed E-state index contributed by atoms with van der Waals surface area (Å²) in [6.07, 6.45) is 1.58. The van der Waals surface area contributed by atoms with Crippen LogP contribution in [0.25, 0.3) is 0 Å². The Bertz CT molecular complexity index is 469. The van der Waals surface area contributed by atoms with Crippen LogP contribution >= 0.6 is 0 Å². The molecule has 0 amide bonds. The largest absolute Gasteiger partial charge is 0.497 e. The fourth-order valence-corrected chi connectivity index (χ4v) is 2.76. The normalized spacial score (nSPS) is 11.8. The number of nitrogens with one attached hydrogen (secondary N) is 2. The average Bonchev–Trinajstić information content (AvgIpc) is 2.34. The van der Waals surface area contributed by atoms with Crippen molar-refractivity contribution in [3.8, 4) is 5.75 Å². The SMILES string of the molecule is COc1ccc(CCCNS(=O)(=O)NC(C)C)cc1. The van der Waals surface area contributed by atoms with Crippen LogP contribution in [0.2, 0.25) is 0 Å². The summed E-state index contributed by atoms with van der Waals surface area (Å²) in [5.74, 6) is 0.825. The molecule has 6 heteroatoms. The lowest BCUT2D eigenvalue weighted by Gasteiger charge is -2.10. The lowest BCUT2D eigenvalue weighted by Crippen LogP contribution is -2.40. The third kappa shape index (κ3) is 6.56. The lowest BCUT2D eigenvalue weighted by atomic mass is 10.1. The van der Waals surface area contributed by atoms with E-state index in [0.717, 1.165) is 24.2 Å². The summed E-state index contributed by atoms with van der Waals surface area (Å²) in [7, 11) is -1.74. The number of rotatable bonds is 8. The van der Waals surface area contributed by atoms with Gasteiger partial charge in [0.15, 0.2) is 0 Å². The van der Waals surface area contributed by atoms with Crippen LogP contribution in [0.1, 0.15) is 25.8 Å². The second kappa shape index (κ2) is 7.47. The van der Waals surface area contributed by atoms with E-state index in [0.29, 0.717) is 6.54 Å². The summed E-state index contributed by atoms with van der Waals surface area (Å²) in [4.78, 5) is 0. The van der Waals surface area contributed by atoms with Crippen LogP contribution in [0, 0.1) is 0 Å². The first-order valence-corrected chi connectivity index (χ1v) is 7.81. The van der Waals surface area contributed by atoms with Crippen molar-refractivity contribution in [1.29, 1.82) is 0 Å². The molecule has 108 valence electrons. The highest BCUT2D eigenvalue weighted by atomic mass is 32.2. The zero-order chi connectivity index (χ0) is 14.3. The Morgan fingerprint density at radius 1 is 1.21 bits per heavy atom. The monoisotopic (exact) mass is 286 g/mol. The smallest absolute Gasteiger partial charge is 0.277 e. The predicted octanol–water partition coefficient (Wildman–Crippen LogP) is 1.46. The van der Waals surface area contributed by atoms with Crippen LogP contribution < -0.4 is 14.2 Å². The van der Waals surface area contributed by atoms with E-state index in [-0.39, 0.29) is 6.04 Å². The Morgan fingerprint density at radius 2 is 1.84 bits per heavy atom. The van der Waals surface area contributed by atoms with Crippen LogP contribution in [0.4, 0.5) is 0 Å². The Labute approximate surface area is 115 Å². The van der Waals surface area contributed by atoms with E-state index >= 15 is 0 Å². The molecule has 5 nitrogen and oxygen atoms in total. The summed E-state index contributed by atoms with van der Waals surface area (Å²) >= 11 is 0. The van der Waals surface area contributed by atoms with E-state index in [1.165, 1.54) is 0 Å². The number of aryl methyl sites for hydroxylation is 1. The minimum Gasteiger partial charge on any atom is -0.497 e. The minimum absolute atomic E-state index is 0.0981. The van der Waals surface area contributed by atoms with Crippen molar-refractivity contribution in [1.82, 2.24) is 9.44 Å². The number of methoxy groups -OCH3 is 1. The van der Waals surface area contributed by atoms with Gasteiger partial charge in [0, 0.05) is 12.6 Å². The minimum atomic E-state index is -3.37. The number of benzene rings is 1. The molecule has 0 saturated carbocycles. The molecule has 19 heavy (non-hydrogen) atoms. The topological polar surface area (TPSA) is 67.4 Å². The maximum atomic E-state index is 11.5. The van der Waals surface area contributed by atoms with Crippen molar-refractivity contribution < 1.29 is 13.2 Å². The Kier molecular flexibility index (Phi) is 6.27. The molecule has 0 spiro atoms. The van der Waals surface area contributed by atoms with Gasteiger partial charge in [-0.25, -0.2) is 4.72 Å². The van der Waals surface area contributed by atoms with Crippen molar-refractivity contribution in [2.75, 3.05) is 13.7 Å². The van der Waals surface area contributed by atoms with E-state index in [4.69, 9.17) is 4.74 Å².